The van der Waals surface area contributed by atoms with Gasteiger partial charge in [0.15, 0.2) is 11.5 Å². The Morgan fingerprint density at radius 1 is 1.03 bits per heavy atom. The molecule has 2 N–H and O–H groups in total. The van der Waals surface area contributed by atoms with Crippen LogP contribution in [0.2, 0.25) is 0 Å². The van der Waals surface area contributed by atoms with Crippen molar-refractivity contribution in [3.05, 3.63) is 48.0 Å². The number of carbonyl (C=O) groups is 2. The molecule has 29 heavy (non-hydrogen) atoms. The van der Waals surface area contributed by atoms with Crippen LogP contribution in [0.1, 0.15) is 18.4 Å². The van der Waals surface area contributed by atoms with Crippen molar-refractivity contribution in [1.29, 1.82) is 0 Å². The summed E-state index contributed by atoms with van der Waals surface area (Å²) in [5.41, 5.74) is 2.59. The molecule has 2 aliphatic heterocycles. The van der Waals surface area contributed by atoms with E-state index < -0.39 is 0 Å². The van der Waals surface area contributed by atoms with E-state index in [1.165, 1.54) is 0 Å². The van der Waals surface area contributed by atoms with Crippen molar-refractivity contribution in [3.8, 4) is 11.5 Å². The average Bonchev–Trinajstić information content (AvgIpc) is 3.18. The molecule has 1 fully saturated rings. The molecule has 0 spiro atoms. The molecule has 0 atom stereocenters. The number of ether oxygens (including phenoxy) is 2. The second-order valence-electron chi connectivity index (χ2n) is 7.47. The van der Waals surface area contributed by atoms with Crippen LogP contribution in [0.3, 0.4) is 0 Å². The normalized spacial score (nSPS) is 16.4. The molecular weight excluding hydrogens is 370 g/mol. The van der Waals surface area contributed by atoms with E-state index >= 15 is 0 Å². The molecular formula is C22H25N3O4. The quantitative estimate of drug-likeness (QED) is 0.814. The highest BCUT2D eigenvalue weighted by atomic mass is 16.7. The number of nitrogens with zero attached hydrogens (tertiary/aromatic N) is 1. The standard InChI is InChI=1S/C22H25N3O4/c1-15-4-2-3-5-18(15)24-21(26)13-25-10-8-16(9-11-25)22(27)23-17-6-7-19-20(12-17)29-14-28-19/h2-7,12,16H,8-11,13-14H2,1H3,(H,23,27)(H,24,26). The van der Waals surface area contributed by atoms with Gasteiger partial charge in [0.05, 0.1) is 6.54 Å². The third-order valence-electron chi connectivity index (χ3n) is 5.38. The molecule has 4 rings (SSSR count). The number of benzene rings is 2. The number of likely N-dealkylation sites (tertiary alicyclic amines) is 1. The summed E-state index contributed by atoms with van der Waals surface area (Å²) in [7, 11) is 0. The number of piperidine rings is 1. The maximum absolute atomic E-state index is 12.6. The molecule has 0 unspecified atom stereocenters. The van der Waals surface area contributed by atoms with Crippen LogP contribution in [-0.2, 0) is 9.59 Å². The lowest BCUT2D eigenvalue weighted by Crippen LogP contribution is -2.41. The van der Waals surface area contributed by atoms with Crippen LogP contribution in [0.4, 0.5) is 11.4 Å². The molecule has 2 amide bonds. The van der Waals surface area contributed by atoms with Crippen LogP contribution in [0, 0.1) is 12.8 Å². The molecule has 0 saturated carbocycles. The largest absolute Gasteiger partial charge is 0.454 e. The highest BCUT2D eigenvalue weighted by Crippen LogP contribution is 2.34. The number of para-hydroxylation sites is 1. The Hall–Kier alpha value is -3.06. The minimum atomic E-state index is -0.0592. The first-order valence-electron chi connectivity index (χ1n) is 9.87. The van der Waals surface area contributed by atoms with E-state index in [0.717, 1.165) is 37.2 Å². The van der Waals surface area contributed by atoms with Gasteiger partial charge >= 0.3 is 0 Å². The summed E-state index contributed by atoms with van der Waals surface area (Å²) >= 11 is 0. The number of aryl methyl sites for hydroxylation is 1. The highest BCUT2D eigenvalue weighted by molar-refractivity contribution is 5.94. The number of carbonyl (C=O) groups excluding carboxylic acids is 2. The lowest BCUT2D eigenvalue weighted by Gasteiger charge is -2.30. The highest BCUT2D eigenvalue weighted by Gasteiger charge is 2.26. The predicted molar refractivity (Wildman–Crippen MR) is 110 cm³/mol. The Bertz CT molecular complexity index is 907. The number of hydrogen-bond donors (Lipinski definition) is 2. The SMILES string of the molecule is Cc1ccccc1NC(=O)CN1CCC(C(=O)Nc2ccc3c(c2)OCO3)CC1. The molecule has 0 bridgehead atoms. The fourth-order valence-electron chi connectivity index (χ4n) is 3.68. The maximum Gasteiger partial charge on any atom is 0.238 e. The summed E-state index contributed by atoms with van der Waals surface area (Å²) in [6.45, 7) is 3.97. The van der Waals surface area contributed by atoms with E-state index in [2.05, 4.69) is 15.5 Å². The summed E-state index contributed by atoms with van der Waals surface area (Å²) in [5.74, 6) is 1.27. The van der Waals surface area contributed by atoms with E-state index in [-0.39, 0.29) is 24.5 Å². The first-order valence-corrected chi connectivity index (χ1v) is 9.87. The van der Waals surface area contributed by atoms with Gasteiger partial charge in [0.25, 0.3) is 0 Å². The third-order valence-corrected chi connectivity index (χ3v) is 5.38. The predicted octanol–water partition coefficient (Wildman–Crippen LogP) is 3.01. The van der Waals surface area contributed by atoms with Gasteiger partial charge in [-0.15, -0.1) is 0 Å². The minimum absolute atomic E-state index is 0.00729. The van der Waals surface area contributed by atoms with Crippen molar-refractivity contribution >= 4 is 23.2 Å². The third kappa shape index (κ3) is 4.68. The van der Waals surface area contributed by atoms with Gasteiger partial charge in [0.1, 0.15) is 0 Å². The van der Waals surface area contributed by atoms with Crippen LogP contribution in [0.5, 0.6) is 11.5 Å². The van der Waals surface area contributed by atoms with Gasteiger partial charge in [0.2, 0.25) is 18.6 Å². The molecule has 2 aliphatic rings. The number of rotatable bonds is 5. The monoisotopic (exact) mass is 395 g/mol. The van der Waals surface area contributed by atoms with Gasteiger partial charge in [-0.2, -0.15) is 0 Å². The Balaban J connectivity index is 1.24. The number of anilines is 2. The Morgan fingerprint density at radius 3 is 2.59 bits per heavy atom. The smallest absolute Gasteiger partial charge is 0.238 e. The van der Waals surface area contributed by atoms with Gasteiger partial charge in [0, 0.05) is 23.4 Å². The minimum Gasteiger partial charge on any atom is -0.454 e. The lowest BCUT2D eigenvalue weighted by atomic mass is 9.95. The molecule has 1 saturated heterocycles. The molecule has 2 heterocycles. The van der Waals surface area contributed by atoms with Crippen LogP contribution >= 0.6 is 0 Å². The zero-order valence-electron chi connectivity index (χ0n) is 16.4. The lowest BCUT2D eigenvalue weighted by molar-refractivity contribution is -0.121. The van der Waals surface area contributed by atoms with Crippen molar-refractivity contribution in [2.24, 2.45) is 5.92 Å². The Labute approximate surface area is 170 Å². The van der Waals surface area contributed by atoms with E-state index in [9.17, 15) is 9.59 Å². The topological polar surface area (TPSA) is 79.9 Å². The van der Waals surface area contributed by atoms with Gasteiger partial charge in [-0.05, 0) is 56.6 Å². The zero-order chi connectivity index (χ0) is 20.2. The summed E-state index contributed by atoms with van der Waals surface area (Å²) < 4.78 is 10.6. The van der Waals surface area contributed by atoms with Gasteiger partial charge in [-0.25, -0.2) is 0 Å². The van der Waals surface area contributed by atoms with Crippen molar-refractivity contribution in [2.75, 3.05) is 37.1 Å². The number of nitrogens with one attached hydrogen (secondary N) is 2. The van der Waals surface area contributed by atoms with Gasteiger partial charge in [-0.1, -0.05) is 18.2 Å². The Kier molecular flexibility index (Phi) is 5.67. The van der Waals surface area contributed by atoms with Crippen molar-refractivity contribution in [1.82, 2.24) is 4.90 Å². The van der Waals surface area contributed by atoms with Crippen molar-refractivity contribution < 1.29 is 19.1 Å². The molecule has 7 nitrogen and oxygen atoms in total. The van der Waals surface area contributed by atoms with E-state index in [1.54, 1.807) is 12.1 Å². The van der Waals surface area contributed by atoms with Crippen LogP contribution in [-0.4, -0.2) is 43.1 Å². The molecule has 7 heteroatoms. The van der Waals surface area contributed by atoms with Crippen LogP contribution in [0.25, 0.3) is 0 Å². The molecule has 2 aromatic rings. The second kappa shape index (κ2) is 8.53. The summed E-state index contributed by atoms with van der Waals surface area (Å²) in [4.78, 5) is 27.0. The van der Waals surface area contributed by atoms with E-state index in [4.69, 9.17) is 9.47 Å². The Morgan fingerprint density at radius 2 is 1.79 bits per heavy atom. The van der Waals surface area contributed by atoms with Crippen molar-refractivity contribution in [2.45, 2.75) is 19.8 Å². The second-order valence-corrected chi connectivity index (χ2v) is 7.47. The van der Waals surface area contributed by atoms with E-state index in [1.807, 2.05) is 37.3 Å². The average molecular weight is 395 g/mol. The summed E-state index contributed by atoms with van der Waals surface area (Å²) in [6, 6.07) is 13.1. The molecule has 2 aromatic carbocycles. The molecule has 0 aliphatic carbocycles. The first kappa shape index (κ1) is 19.3. The molecule has 152 valence electrons. The number of hydrogen-bond acceptors (Lipinski definition) is 5. The van der Waals surface area contributed by atoms with Crippen LogP contribution in [0.15, 0.2) is 42.5 Å². The zero-order valence-corrected chi connectivity index (χ0v) is 16.4. The van der Waals surface area contributed by atoms with Crippen molar-refractivity contribution in [3.63, 3.8) is 0 Å². The number of fused-ring (bicyclic) bond motifs is 1. The maximum atomic E-state index is 12.6. The number of amides is 2. The first-order chi connectivity index (χ1) is 14.1. The summed E-state index contributed by atoms with van der Waals surface area (Å²) in [6.07, 6.45) is 1.46. The van der Waals surface area contributed by atoms with Gasteiger partial charge < -0.3 is 20.1 Å². The molecule has 0 aromatic heterocycles. The van der Waals surface area contributed by atoms with E-state index in [0.29, 0.717) is 23.7 Å². The molecule has 0 radical (unpaired) electrons. The van der Waals surface area contributed by atoms with Gasteiger partial charge in [-0.3, -0.25) is 14.5 Å². The van der Waals surface area contributed by atoms with Crippen LogP contribution < -0.4 is 20.1 Å². The fraction of sp³-hybridized carbons (Fsp3) is 0.364. The summed E-state index contributed by atoms with van der Waals surface area (Å²) in [5, 5.41) is 5.93. The fourth-order valence-corrected chi connectivity index (χ4v) is 3.68.